The maximum Gasteiger partial charge on any atom is 0.254 e. The molecule has 2 aromatic carbocycles. The monoisotopic (exact) mass is 488 g/mol. The van der Waals surface area contributed by atoms with Gasteiger partial charge in [0.2, 0.25) is 5.91 Å². The van der Waals surface area contributed by atoms with E-state index in [1.54, 1.807) is 24.3 Å². The quantitative estimate of drug-likeness (QED) is 0.597. The van der Waals surface area contributed by atoms with Gasteiger partial charge in [-0.05, 0) is 29.8 Å². The van der Waals surface area contributed by atoms with E-state index in [0.717, 1.165) is 5.56 Å². The molecule has 1 heterocycles. The van der Waals surface area contributed by atoms with Gasteiger partial charge in [0.25, 0.3) is 11.8 Å². The molecule has 0 radical (unpaired) electrons. The van der Waals surface area contributed by atoms with E-state index in [2.05, 4.69) is 5.32 Å². The average Bonchev–Trinajstić information content (AvgIpc) is 2.79. The van der Waals surface area contributed by atoms with Crippen LogP contribution in [0.15, 0.2) is 41.3 Å². The van der Waals surface area contributed by atoms with Crippen molar-refractivity contribution in [3.63, 3.8) is 0 Å². The number of alkyl halides is 3. The third kappa shape index (κ3) is 4.81. The summed E-state index contributed by atoms with van der Waals surface area (Å²) in [6, 6.07) is 8.63. The van der Waals surface area contributed by atoms with Crippen LogP contribution in [0.5, 0.6) is 0 Å². The van der Waals surface area contributed by atoms with Gasteiger partial charge in [0.15, 0.2) is 0 Å². The summed E-state index contributed by atoms with van der Waals surface area (Å²) < 4.78 is 40.8. The molecule has 1 aliphatic carbocycles. The number of amides is 2. The predicted molar refractivity (Wildman–Crippen MR) is 115 cm³/mol. The zero-order valence-electron chi connectivity index (χ0n) is 16.0. The molecular weight excluding hydrogens is 472 g/mol. The highest BCUT2D eigenvalue weighted by Gasteiger charge is 2.46. The van der Waals surface area contributed by atoms with Gasteiger partial charge in [-0.3, -0.25) is 9.59 Å². The van der Waals surface area contributed by atoms with Gasteiger partial charge < -0.3 is 10.2 Å². The van der Waals surface area contributed by atoms with Gasteiger partial charge in [0, 0.05) is 34.6 Å². The number of thioether (sulfide) groups is 1. The van der Waals surface area contributed by atoms with Gasteiger partial charge in [-0.1, -0.05) is 23.7 Å². The molecule has 164 valence electrons. The van der Waals surface area contributed by atoms with Crippen molar-refractivity contribution < 1.29 is 22.8 Å². The highest BCUT2D eigenvalue weighted by molar-refractivity contribution is 7.99. The number of hydrogen-bond acceptors (Lipinski definition) is 3. The van der Waals surface area contributed by atoms with E-state index in [9.17, 15) is 22.8 Å². The molecule has 0 aromatic heterocycles. The summed E-state index contributed by atoms with van der Waals surface area (Å²) in [6.45, 7) is 0.147. The van der Waals surface area contributed by atoms with Crippen LogP contribution < -0.4 is 10.2 Å². The normalized spacial score (nSPS) is 20.6. The molecule has 4 nitrogen and oxygen atoms in total. The van der Waals surface area contributed by atoms with Crippen LogP contribution in [0, 0.1) is 5.82 Å². The standard InChI is InChI=1S/C21H17Cl2F3N2O2S/c22-12-3-1-11(2-4-12)9-28-17-5-14(19(29)27-13-7-21(25,26)8-13)16(24)6-18(17)31-10-15(23)20(28)30/h1-6,13,15H,7-10H2,(H,27,29)/t15-/m0/s1. The van der Waals surface area contributed by atoms with Crippen molar-refractivity contribution in [2.75, 3.05) is 10.7 Å². The van der Waals surface area contributed by atoms with E-state index >= 15 is 0 Å². The lowest BCUT2D eigenvalue weighted by atomic mass is 9.88. The molecule has 1 atom stereocenters. The van der Waals surface area contributed by atoms with E-state index < -0.39 is 41.9 Å². The van der Waals surface area contributed by atoms with E-state index in [1.165, 1.54) is 28.8 Å². The number of nitrogens with zero attached hydrogens (tertiary/aromatic N) is 1. The molecule has 2 aromatic rings. The fraction of sp³-hybridized carbons (Fsp3) is 0.333. The first-order valence-corrected chi connectivity index (χ1v) is 11.3. The topological polar surface area (TPSA) is 49.4 Å². The SMILES string of the molecule is O=C(NC1CC(F)(F)C1)c1cc2c(cc1F)SC[C@H](Cl)C(=O)N2Cc1ccc(Cl)cc1. The lowest BCUT2D eigenvalue weighted by molar-refractivity contribution is -0.118. The number of benzene rings is 2. The fourth-order valence-electron chi connectivity index (χ4n) is 3.53. The molecule has 2 aliphatic rings. The second-order valence-corrected chi connectivity index (χ2v) is 9.59. The van der Waals surface area contributed by atoms with Crippen LogP contribution >= 0.6 is 35.0 Å². The van der Waals surface area contributed by atoms with Crippen LogP contribution in [-0.4, -0.2) is 34.9 Å². The third-order valence-corrected chi connectivity index (χ3v) is 7.10. The number of carbonyl (C=O) groups is 2. The van der Waals surface area contributed by atoms with Crippen molar-refractivity contribution in [3.05, 3.63) is 58.4 Å². The summed E-state index contributed by atoms with van der Waals surface area (Å²) in [6.07, 6.45) is -0.952. The Bertz CT molecular complexity index is 1030. The third-order valence-electron chi connectivity index (χ3n) is 5.18. The smallest absolute Gasteiger partial charge is 0.254 e. The molecule has 1 N–H and O–H groups in total. The Morgan fingerprint density at radius 3 is 2.55 bits per heavy atom. The van der Waals surface area contributed by atoms with Crippen LogP contribution in [-0.2, 0) is 11.3 Å². The van der Waals surface area contributed by atoms with Crippen LogP contribution in [0.25, 0.3) is 0 Å². The zero-order chi connectivity index (χ0) is 22.3. The minimum Gasteiger partial charge on any atom is -0.349 e. The molecule has 10 heteroatoms. The lowest BCUT2D eigenvalue weighted by Crippen LogP contribution is -2.50. The molecule has 4 rings (SSSR count). The Labute approximate surface area is 191 Å². The van der Waals surface area contributed by atoms with Gasteiger partial charge >= 0.3 is 0 Å². The first kappa shape index (κ1) is 22.3. The van der Waals surface area contributed by atoms with E-state index in [1.807, 2.05) is 0 Å². The second kappa shape index (κ2) is 8.56. The van der Waals surface area contributed by atoms with Crippen molar-refractivity contribution in [2.24, 2.45) is 0 Å². The first-order valence-electron chi connectivity index (χ1n) is 9.48. The molecule has 1 aliphatic heterocycles. The summed E-state index contributed by atoms with van der Waals surface area (Å²) in [5.74, 6) is -4.53. The molecule has 0 spiro atoms. The van der Waals surface area contributed by atoms with Crippen molar-refractivity contribution in [2.45, 2.75) is 41.6 Å². The molecule has 0 saturated heterocycles. The minimum atomic E-state index is -2.81. The summed E-state index contributed by atoms with van der Waals surface area (Å²) in [7, 11) is 0. The number of fused-ring (bicyclic) bond motifs is 1. The van der Waals surface area contributed by atoms with Crippen molar-refractivity contribution >= 4 is 52.5 Å². The van der Waals surface area contributed by atoms with Crippen LogP contribution in [0.1, 0.15) is 28.8 Å². The van der Waals surface area contributed by atoms with Gasteiger partial charge in [0.05, 0.1) is 17.8 Å². The van der Waals surface area contributed by atoms with E-state index in [-0.39, 0.29) is 23.8 Å². The molecule has 1 fully saturated rings. The molecule has 2 amide bonds. The van der Waals surface area contributed by atoms with Crippen molar-refractivity contribution in [1.82, 2.24) is 5.32 Å². The molecule has 1 saturated carbocycles. The Hall–Kier alpha value is -1.90. The largest absolute Gasteiger partial charge is 0.349 e. The summed E-state index contributed by atoms with van der Waals surface area (Å²) in [5.41, 5.74) is 0.807. The zero-order valence-corrected chi connectivity index (χ0v) is 18.3. The maximum atomic E-state index is 14.7. The maximum absolute atomic E-state index is 14.7. The van der Waals surface area contributed by atoms with Gasteiger partial charge in [0.1, 0.15) is 11.2 Å². The number of hydrogen-bond donors (Lipinski definition) is 1. The van der Waals surface area contributed by atoms with Gasteiger partial charge in [-0.15, -0.1) is 23.4 Å². The molecule has 31 heavy (non-hydrogen) atoms. The van der Waals surface area contributed by atoms with Crippen LogP contribution in [0.3, 0.4) is 0 Å². The highest BCUT2D eigenvalue weighted by atomic mass is 35.5. The number of nitrogens with one attached hydrogen (secondary N) is 1. The Balaban J connectivity index is 1.66. The van der Waals surface area contributed by atoms with Gasteiger partial charge in [-0.2, -0.15) is 0 Å². The Morgan fingerprint density at radius 1 is 1.23 bits per heavy atom. The van der Waals surface area contributed by atoms with Crippen LogP contribution in [0.4, 0.5) is 18.9 Å². The number of halogens is 5. The first-order chi connectivity index (χ1) is 14.6. The Kier molecular flexibility index (Phi) is 6.16. The molecular formula is C21H17Cl2F3N2O2S. The number of rotatable bonds is 4. The van der Waals surface area contributed by atoms with Gasteiger partial charge in [-0.25, -0.2) is 13.2 Å². The predicted octanol–water partition coefficient (Wildman–Crippen LogP) is 5.25. The van der Waals surface area contributed by atoms with Crippen LogP contribution in [0.2, 0.25) is 5.02 Å². The minimum absolute atomic E-state index is 0.147. The van der Waals surface area contributed by atoms with E-state index in [4.69, 9.17) is 23.2 Å². The molecule has 0 unspecified atom stereocenters. The summed E-state index contributed by atoms with van der Waals surface area (Å²) in [4.78, 5) is 27.4. The number of anilines is 1. The summed E-state index contributed by atoms with van der Waals surface area (Å²) in [5, 5.41) is 2.14. The summed E-state index contributed by atoms with van der Waals surface area (Å²) >= 11 is 13.4. The highest BCUT2D eigenvalue weighted by Crippen LogP contribution is 2.40. The van der Waals surface area contributed by atoms with Crippen molar-refractivity contribution in [3.8, 4) is 0 Å². The lowest BCUT2D eigenvalue weighted by Gasteiger charge is -2.35. The average molecular weight is 489 g/mol. The van der Waals surface area contributed by atoms with Crippen molar-refractivity contribution in [1.29, 1.82) is 0 Å². The van der Waals surface area contributed by atoms with E-state index in [0.29, 0.717) is 15.6 Å². The fourth-order valence-corrected chi connectivity index (χ4v) is 4.93. The Morgan fingerprint density at radius 2 is 1.90 bits per heavy atom. The molecule has 0 bridgehead atoms. The number of carbonyl (C=O) groups excluding carboxylic acids is 2. The second-order valence-electron chi connectivity index (χ2n) is 7.56.